The van der Waals surface area contributed by atoms with Gasteiger partial charge in [-0.2, -0.15) is 0 Å². The fourth-order valence-electron chi connectivity index (χ4n) is 7.16. The van der Waals surface area contributed by atoms with Crippen LogP contribution in [0.15, 0.2) is 65.5 Å². The minimum Gasteiger partial charge on any atom is -0.506 e. The molecule has 1 aliphatic carbocycles. The molecule has 1 aromatic heterocycles. The third kappa shape index (κ3) is 10.1. The summed E-state index contributed by atoms with van der Waals surface area (Å²) in [7, 11) is -0.715. The van der Waals surface area contributed by atoms with Gasteiger partial charge in [-0.3, -0.25) is 14.4 Å². The van der Waals surface area contributed by atoms with Crippen molar-refractivity contribution in [3.8, 4) is 17.2 Å². The SMILES string of the molecule is COc1cc(OCC(=O)NCCCc2cccc(C3(C(=O)O)CCCCC3)c2)c(Cl)cc1CNC[C@H](O[Si](C)(C)C(C)(C)C)c1ccc(O)c2[nH]c(=O)ccc12. The van der Waals surface area contributed by atoms with Crippen LogP contribution in [0.1, 0.15) is 87.7 Å². The molecule has 0 spiro atoms. The van der Waals surface area contributed by atoms with Crippen LogP contribution in [0.25, 0.3) is 10.9 Å². The third-order valence-electron chi connectivity index (χ3n) is 11.4. The Morgan fingerprint density at radius 3 is 2.46 bits per heavy atom. The molecule has 1 saturated carbocycles. The highest BCUT2D eigenvalue weighted by Gasteiger charge is 2.41. The van der Waals surface area contributed by atoms with Crippen molar-refractivity contribution in [2.75, 3.05) is 26.8 Å². The van der Waals surface area contributed by atoms with E-state index in [9.17, 15) is 24.6 Å². The van der Waals surface area contributed by atoms with Crippen LogP contribution in [-0.4, -0.2) is 62.2 Å². The van der Waals surface area contributed by atoms with Crippen LogP contribution in [-0.2, 0) is 32.4 Å². The number of aliphatic carboxylic acids is 1. The number of methoxy groups -OCH3 is 1. The molecule has 1 heterocycles. The number of aromatic hydroxyl groups is 1. The molecule has 0 aliphatic heterocycles. The lowest BCUT2D eigenvalue weighted by Crippen LogP contribution is -2.43. The second kappa shape index (κ2) is 18.3. The average molecular weight is 806 g/mol. The number of phenols is 1. The molecule has 0 unspecified atom stereocenters. The van der Waals surface area contributed by atoms with Crippen LogP contribution in [0, 0.1) is 0 Å². The predicted octanol–water partition coefficient (Wildman–Crippen LogP) is 8.16. The molecule has 5 N–H and O–H groups in total. The molecule has 0 saturated heterocycles. The topological polar surface area (TPSA) is 159 Å². The van der Waals surface area contributed by atoms with Crippen molar-refractivity contribution in [3.63, 3.8) is 0 Å². The van der Waals surface area contributed by atoms with Gasteiger partial charge in [-0.05, 0) is 78.7 Å². The molecule has 4 aromatic rings. The summed E-state index contributed by atoms with van der Waals surface area (Å²) in [5.41, 5.74) is 2.80. The lowest BCUT2D eigenvalue weighted by Gasteiger charge is -2.39. The lowest BCUT2D eigenvalue weighted by atomic mass is 9.69. The number of fused-ring (bicyclic) bond motifs is 1. The summed E-state index contributed by atoms with van der Waals surface area (Å²) >= 11 is 6.65. The molecule has 302 valence electrons. The number of H-pyrrole nitrogens is 1. The first-order valence-electron chi connectivity index (χ1n) is 19.4. The van der Waals surface area contributed by atoms with Crippen LogP contribution in [0.3, 0.4) is 0 Å². The van der Waals surface area contributed by atoms with E-state index in [0.29, 0.717) is 72.7 Å². The van der Waals surface area contributed by atoms with Crippen molar-refractivity contribution in [3.05, 3.63) is 98.3 Å². The van der Waals surface area contributed by atoms with Crippen molar-refractivity contribution < 1.29 is 33.7 Å². The molecule has 56 heavy (non-hydrogen) atoms. The molecule has 1 amide bonds. The standard InChI is InChI=1S/C43H56ClN3O8Si/c1-42(2,3)56(5,6)55-37(31-15-17-34(48)40-32(31)16-18-38(49)47-40)26-45-25-29-23-33(44)36(24-35(29)53-4)54-27-39(50)46-21-11-13-28-12-10-14-30(22-28)43(41(51)52)19-8-7-9-20-43/h10,12,14-18,22-24,37,45,48H,7-9,11,13,19-21,25-27H2,1-6H3,(H,46,50)(H,47,49)(H,51,52)/t37-/m0/s1. The largest absolute Gasteiger partial charge is 0.506 e. The first-order valence-corrected chi connectivity index (χ1v) is 22.7. The number of halogens is 1. The number of aromatic nitrogens is 1. The number of rotatable bonds is 17. The van der Waals surface area contributed by atoms with Gasteiger partial charge in [-0.25, -0.2) is 0 Å². The molecule has 5 rings (SSSR count). The summed E-state index contributed by atoms with van der Waals surface area (Å²) in [5.74, 6) is -0.192. The van der Waals surface area contributed by atoms with E-state index >= 15 is 0 Å². The zero-order valence-electron chi connectivity index (χ0n) is 33.4. The van der Waals surface area contributed by atoms with Crippen molar-refractivity contribution in [1.29, 1.82) is 0 Å². The van der Waals surface area contributed by atoms with Gasteiger partial charge in [0.2, 0.25) is 5.56 Å². The summed E-state index contributed by atoms with van der Waals surface area (Å²) in [6, 6.07) is 17.9. The molecule has 1 aliphatic rings. The van der Waals surface area contributed by atoms with E-state index in [0.717, 1.165) is 41.5 Å². The average Bonchev–Trinajstić information content (AvgIpc) is 3.16. The Bertz CT molecular complexity index is 2070. The normalized spacial score (nSPS) is 15.0. The van der Waals surface area contributed by atoms with Gasteiger partial charge in [0, 0.05) is 42.7 Å². The van der Waals surface area contributed by atoms with Gasteiger partial charge >= 0.3 is 5.97 Å². The quantitative estimate of drug-likeness (QED) is 0.0524. The lowest BCUT2D eigenvalue weighted by molar-refractivity contribution is -0.145. The third-order valence-corrected chi connectivity index (χ3v) is 16.2. The zero-order chi connectivity index (χ0) is 40.7. The highest BCUT2D eigenvalue weighted by molar-refractivity contribution is 6.74. The van der Waals surface area contributed by atoms with E-state index in [1.54, 1.807) is 31.4 Å². The number of hydrogen-bond acceptors (Lipinski definition) is 8. The highest BCUT2D eigenvalue weighted by Crippen LogP contribution is 2.42. The van der Waals surface area contributed by atoms with Crippen molar-refractivity contribution in [2.45, 2.75) is 102 Å². The second-order valence-corrected chi connectivity index (χ2v) is 21.4. The van der Waals surface area contributed by atoms with Crippen LogP contribution < -0.4 is 25.7 Å². The number of nitrogens with one attached hydrogen (secondary N) is 3. The van der Waals surface area contributed by atoms with Gasteiger partial charge in [0.25, 0.3) is 5.91 Å². The Morgan fingerprint density at radius 1 is 1.02 bits per heavy atom. The zero-order valence-corrected chi connectivity index (χ0v) is 35.1. The molecular weight excluding hydrogens is 750 g/mol. The fourth-order valence-corrected chi connectivity index (χ4v) is 8.68. The minimum atomic E-state index is -2.27. The smallest absolute Gasteiger partial charge is 0.314 e. The fraction of sp³-hybridized carbons (Fsp3) is 0.465. The summed E-state index contributed by atoms with van der Waals surface area (Å²) < 4.78 is 18.4. The Hall–Kier alpha value is -4.36. The Balaban J connectivity index is 1.17. The predicted molar refractivity (Wildman–Crippen MR) is 223 cm³/mol. The van der Waals surface area contributed by atoms with Crippen molar-refractivity contribution >= 4 is 42.7 Å². The summed E-state index contributed by atoms with van der Waals surface area (Å²) in [6.45, 7) is 11.9. The van der Waals surface area contributed by atoms with Crippen LogP contribution >= 0.6 is 11.6 Å². The van der Waals surface area contributed by atoms with E-state index < -0.39 is 25.8 Å². The van der Waals surface area contributed by atoms with E-state index in [1.165, 1.54) is 6.07 Å². The number of hydrogen-bond donors (Lipinski definition) is 5. The van der Waals surface area contributed by atoms with Crippen molar-refractivity contribution in [2.24, 2.45) is 0 Å². The minimum absolute atomic E-state index is 0.0101. The molecule has 1 fully saturated rings. The van der Waals surface area contributed by atoms with Gasteiger partial charge < -0.3 is 39.7 Å². The maximum Gasteiger partial charge on any atom is 0.314 e. The summed E-state index contributed by atoms with van der Waals surface area (Å²) in [6.07, 6.45) is 5.24. The number of benzene rings is 3. The summed E-state index contributed by atoms with van der Waals surface area (Å²) in [5, 5.41) is 28.0. The van der Waals surface area contributed by atoms with Gasteiger partial charge in [0.1, 0.15) is 17.2 Å². The number of pyridine rings is 1. The number of phenolic OH excluding ortho intramolecular Hbond substituents is 1. The van der Waals surface area contributed by atoms with Gasteiger partial charge in [0.05, 0.1) is 29.2 Å². The molecule has 11 nitrogen and oxygen atoms in total. The molecule has 3 aromatic carbocycles. The molecule has 0 radical (unpaired) electrons. The number of carbonyl (C=O) groups excluding carboxylic acids is 1. The van der Waals surface area contributed by atoms with E-state index in [2.05, 4.69) is 49.5 Å². The number of aryl methyl sites for hydroxylation is 1. The Morgan fingerprint density at radius 2 is 1.77 bits per heavy atom. The molecular formula is C43H56ClN3O8Si. The van der Waals surface area contributed by atoms with Gasteiger partial charge in [-0.1, -0.05) is 82.0 Å². The molecule has 0 bridgehead atoms. The van der Waals surface area contributed by atoms with Crippen LogP contribution in [0.4, 0.5) is 0 Å². The number of aromatic amines is 1. The number of carboxylic acid groups (broad SMARTS) is 1. The molecule has 1 atom stereocenters. The summed E-state index contributed by atoms with van der Waals surface area (Å²) in [4.78, 5) is 39.8. The number of carbonyl (C=O) groups is 2. The highest BCUT2D eigenvalue weighted by atomic mass is 35.5. The first kappa shape index (κ1) is 42.8. The second-order valence-electron chi connectivity index (χ2n) is 16.3. The van der Waals surface area contributed by atoms with Gasteiger partial charge in [-0.15, -0.1) is 0 Å². The number of amides is 1. The van der Waals surface area contributed by atoms with Crippen molar-refractivity contribution in [1.82, 2.24) is 15.6 Å². The van der Waals surface area contributed by atoms with Crippen LogP contribution in [0.2, 0.25) is 23.2 Å². The monoisotopic (exact) mass is 805 g/mol. The van der Waals surface area contributed by atoms with E-state index in [4.69, 9.17) is 25.5 Å². The number of ether oxygens (including phenoxy) is 2. The first-order chi connectivity index (χ1) is 26.5. The van der Waals surface area contributed by atoms with Gasteiger partial charge in [0.15, 0.2) is 14.9 Å². The van der Waals surface area contributed by atoms with E-state index in [-0.39, 0.29) is 28.9 Å². The molecule has 13 heteroatoms. The Kier molecular flexibility index (Phi) is 14.0. The van der Waals surface area contributed by atoms with E-state index in [1.807, 2.05) is 30.3 Å². The maximum absolute atomic E-state index is 12.7. The maximum atomic E-state index is 12.7. The Labute approximate surface area is 335 Å². The number of carboxylic acids is 1. The van der Waals surface area contributed by atoms with Crippen LogP contribution in [0.5, 0.6) is 17.2 Å².